The molecule has 1 unspecified atom stereocenters. The van der Waals surface area contributed by atoms with Gasteiger partial charge in [0.1, 0.15) is 5.75 Å². The highest BCUT2D eigenvalue weighted by molar-refractivity contribution is 5.31. The van der Waals surface area contributed by atoms with Crippen molar-refractivity contribution in [3.63, 3.8) is 0 Å². The predicted octanol–water partition coefficient (Wildman–Crippen LogP) is 0.889. The van der Waals surface area contributed by atoms with Gasteiger partial charge in [0.15, 0.2) is 0 Å². The van der Waals surface area contributed by atoms with Crippen LogP contribution in [-0.2, 0) is 0 Å². The van der Waals surface area contributed by atoms with Crippen LogP contribution in [0.4, 0.5) is 0 Å². The minimum absolute atomic E-state index is 0.454. The summed E-state index contributed by atoms with van der Waals surface area (Å²) in [4.78, 5) is 7.66. The summed E-state index contributed by atoms with van der Waals surface area (Å²) in [5.74, 6) is 0.959. The number of likely N-dealkylation sites (N-methyl/N-ethyl adjacent to an activating group) is 1. The van der Waals surface area contributed by atoms with E-state index in [1.54, 1.807) is 7.11 Å². The van der Waals surface area contributed by atoms with Crippen LogP contribution in [0.3, 0.4) is 0 Å². The fourth-order valence-corrected chi connectivity index (χ4v) is 3.55. The lowest BCUT2D eigenvalue weighted by molar-refractivity contribution is 0.0922. The van der Waals surface area contributed by atoms with Crippen LogP contribution in [0, 0.1) is 0 Å². The van der Waals surface area contributed by atoms with E-state index in [4.69, 9.17) is 4.74 Å². The molecule has 2 fully saturated rings. The zero-order valence-electron chi connectivity index (χ0n) is 14.5. The van der Waals surface area contributed by atoms with Crippen LogP contribution in [0.15, 0.2) is 24.3 Å². The number of rotatable bonds is 5. The van der Waals surface area contributed by atoms with Crippen LogP contribution in [0.25, 0.3) is 0 Å². The summed E-state index contributed by atoms with van der Waals surface area (Å²) in [5, 5.41) is 3.47. The number of benzene rings is 1. The van der Waals surface area contributed by atoms with Crippen molar-refractivity contribution in [2.75, 3.05) is 73.1 Å². The maximum atomic E-state index is 5.45. The van der Waals surface area contributed by atoms with Gasteiger partial charge in [-0.05, 0) is 24.7 Å². The van der Waals surface area contributed by atoms with Gasteiger partial charge < -0.3 is 15.0 Å². The summed E-state index contributed by atoms with van der Waals surface area (Å²) in [5.41, 5.74) is 1.38. The van der Waals surface area contributed by atoms with Crippen molar-refractivity contribution >= 4 is 0 Å². The minimum Gasteiger partial charge on any atom is -0.497 e. The summed E-state index contributed by atoms with van der Waals surface area (Å²) in [6.45, 7) is 10.2. The summed E-state index contributed by atoms with van der Waals surface area (Å²) in [6, 6.07) is 9.07. The Bertz CT molecular complexity index is 482. The number of hydrogen-bond donors (Lipinski definition) is 1. The monoisotopic (exact) mass is 318 g/mol. The second kappa shape index (κ2) is 8.11. The molecule has 2 aliphatic rings. The topological polar surface area (TPSA) is 31.0 Å². The van der Waals surface area contributed by atoms with Crippen molar-refractivity contribution in [3.8, 4) is 5.75 Å². The lowest BCUT2D eigenvalue weighted by Gasteiger charge is -2.40. The maximum Gasteiger partial charge on any atom is 0.119 e. The molecule has 0 bridgehead atoms. The van der Waals surface area contributed by atoms with Gasteiger partial charge in [0.05, 0.1) is 7.11 Å². The Labute approximate surface area is 140 Å². The first-order valence-electron chi connectivity index (χ1n) is 8.76. The Morgan fingerprint density at radius 3 is 2.52 bits per heavy atom. The Kier molecular flexibility index (Phi) is 5.89. The Morgan fingerprint density at radius 1 is 1.09 bits per heavy atom. The largest absolute Gasteiger partial charge is 0.497 e. The molecule has 0 spiro atoms. The standard InChI is InChI=1S/C18H30N4O/c1-20-10-12-21(13-11-20)15-18(22-8-6-19-7-9-22)16-4-3-5-17(14-16)23-2/h3-5,14,18-19H,6-13,15H2,1-2H3. The number of hydrogen-bond acceptors (Lipinski definition) is 5. The van der Waals surface area contributed by atoms with Gasteiger partial charge in [-0.25, -0.2) is 0 Å². The molecule has 5 nitrogen and oxygen atoms in total. The van der Waals surface area contributed by atoms with Gasteiger partial charge >= 0.3 is 0 Å². The van der Waals surface area contributed by atoms with Crippen LogP contribution in [-0.4, -0.2) is 87.8 Å². The molecule has 1 aromatic rings. The van der Waals surface area contributed by atoms with Crippen molar-refractivity contribution in [1.82, 2.24) is 20.0 Å². The Balaban J connectivity index is 1.75. The number of piperazine rings is 2. The van der Waals surface area contributed by atoms with E-state index < -0.39 is 0 Å². The second-order valence-corrected chi connectivity index (χ2v) is 6.68. The van der Waals surface area contributed by atoms with Gasteiger partial charge in [0, 0.05) is 64.9 Å². The summed E-state index contributed by atoms with van der Waals surface area (Å²) < 4.78 is 5.45. The normalized spacial score (nSPS) is 22.9. The van der Waals surface area contributed by atoms with E-state index >= 15 is 0 Å². The molecule has 2 saturated heterocycles. The van der Waals surface area contributed by atoms with Gasteiger partial charge in [-0.1, -0.05) is 12.1 Å². The molecule has 23 heavy (non-hydrogen) atoms. The number of nitrogens with zero attached hydrogens (tertiary/aromatic N) is 3. The number of ether oxygens (including phenoxy) is 1. The first-order valence-corrected chi connectivity index (χ1v) is 8.76. The van der Waals surface area contributed by atoms with Crippen LogP contribution in [0.2, 0.25) is 0 Å². The third kappa shape index (κ3) is 4.44. The van der Waals surface area contributed by atoms with E-state index in [0.717, 1.165) is 38.5 Å². The van der Waals surface area contributed by atoms with E-state index in [1.165, 1.54) is 31.7 Å². The third-order valence-corrected chi connectivity index (χ3v) is 5.10. The zero-order valence-corrected chi connectivity index (χ0v) is 14.5. The molecular weight excluding hydrogens is 288 g/mol. The molecule has 0 amide bonds. The first kappa shape index (κ1) is 16.7. The van der Waals surface area contributed by atoms with Gasteiger partial charge in [-0.2, -0.15) is 0 Å². The summed E-state index contributed by atoms with van der Waals surface area (Å²) >= 11 is 0. The lowest BCUT2D eigenvalue weighted by Crippen LogP contribution is -2.51. The molecule has 2 heterocycles. The molecule has 1 aromatic carbocycles. The van der Waals surface area contributed by atoms with E-state index in [0.29, 0.717) is 6.04 Å². The van der Waals surface area contributed by atoms with Crippen molar-refractivity contribution in [3.05, 3.63) is 29.8 Å². The molecule has 0 radical (unpaired) electrons. The fraction of sp³-hybridized carbons (Fsp3) is 0.667. The highest BCUT2D eigenvalue weighted by Crippen LogP contribution is 2.26. The molecule has 0 aromatic heterocycles. The summed E-state index contributed by atoms with van der Waals surface area (Å²) in [7, 11) is 3.96. The average molecular weight is 318 g/mol. The molecule has 5 heteroatoms. The Hall–Kier alpha value is -1.14. The van der Waals surface area contributed by atoms with E-state index in [-0.39, 0.29) is 0 Å². The zero-order chi connectivity index (χ0) is 16.1. The van der Waals surface area contributed by atoms with E-state index in [2.05, 4.69) is 45.3 Å². The van der Waals surface area contributed by atoms with Gasteiger partial charge in [0.25, 0.3) is 0 Å². The fourth-order valence-electron chi connectivity index (χ4n) is 3.55. The molecule has 2 aliphatic heterocycles. The highest BCUT2D eigenvalue weighted by atomic mass is 16.5. The lowest BCUT2D eigenvalue weighted by atomic mass is 10.0. The quantitative estimate of drug-likeness (QED) is 0.871. The molecule has 1 atom stereocenters. The average Bonchev–Trinajstić information content (AvgIpc) is 2.62. The number of nitrogens with one attached hydrogen (secondary N) is 1. The Morgan fingerprint density at radius 2 is 1.83 bits per heavy atom. The van der Waals surface area contributed by atoms with Gasteiger partial charge in [0.2, 0.25) is 0 Å². The second-order valence-electron chi connectivity index (χ2n) is 6.68. The summed E-state index contributed by atoms with van der Waals surface area (Å²) in [6.07, 6.45) is 0. The minimum atomic E-state index is 0.454. The maximum absolute atomic E-state index is 5.45. The van der Waals surface area contributed by atoms with Crippen molar-refractivity contribution in [1.29, 1.82) is 0 Å². The van der Waals surface area contributed by atoms with Crippen LogP contribution >= 0.6 is 0 Å². The van der Waals surface area contributed by atoms with Crippen LogP contribution in [0.5, 0.6) is 5.75 Å². The SMILES string of the molecule is COc1cccc(C(CN2CCN(C)CC2)N2CCNCC2)c1. The smallest absolute Gasteiger partial charge is 0.119 e. The molecule has 0 saturated carbocycles. The molecule has 128 valence electrons. The predicted molar refractivity (Wildman–Crippen MR) is 94.1 cm³/mol. The van der Waals surface area contributed by atoms with Crippen molar-refractivity contribution < 1.29 is 4.74 Å². The van der Waals surface area contributed by atoms with E-state index in [1.807, 2.05) is 6.07 Å². The molecule has 1 N–H and O–H groups in total. The van der Waals surface area contributed by atoms with Gasteiger partial charge in [-0.3, -0.25) is 9.80 Å². The third-order valence-electron chi connectivity index (χ3n) is 5.10. The molecule has 3 rings (SSSR count). The van der Waals surface area contributed by atoms with E-state index in [9.17, 15) is 0 Å². The van der Waals surface area contributed by atoms with Crippen molar-refractivity contribution in [2.24, 2.45) is 0 Å². The molecule has 0 aliphatic carbocycles. The highest BCUT2D eigenvalue weighted by Gasteiger charge is 2.26. The number of methoxy groups -OCH3 is 1. The first-order chi connectivity index (χ1) is 11.3. The van der Waals surface area contributed by atoms with Crippen molar-refractivity contribution in [2.45, 2.75) is 6.04 Å². The van der Waals surface area contributed by atoms with Gasteiger partial charge in [-0.15, -0.1) is 0 Å². The van der Waals surface area contributed by atoms with Crippen LogP contribution < -0.4 is 10.1 Å². The molecular formula is C18H30N4O. The van der Waals surface area contributed by atoms with Crippen LogP contribution in [0.1, 0.15) is 11.6 Å².